The van der Waals surface area contributed by atoms with E-state index in [1.165, 1.54) is 0 Å². The van der Waals surface area contributed by atoms with Crippen LogP contribution in [0.5, 0.6) is 0 Å². The number of hydrogen-bond acceptors (Lipinski definition) is 10. The molecule has 6 N–H and O–H groups in total. The van der Waals surface area contributed by atoms with Crippen LogP contribution < -0.4 is 22.1 Å². The molecule has 2 aliphatic heterocycles. The molecular weight excluding hydrogens is 462 g/mol. The lowest BCUT2D eigenvalue weighted by Crippen LogP contribution is -2.57. The molecule has 1 spiro atoms. The van der Waals surface area contributed by atoms with Crippen LogP contribution in [0.2, 0.25) is 5.15 Å². The van der Waals surface area contributed by atoms with Crippen LogP contribution in [0.15, 0.2) is 15.6 Å². The van der Waals surface area contributed by atoms with E-state index >= 15 is 0 Å². The van der Waals surface area contributed by atoms with Crippen molar-refractivity contribution in [1.29, 1.82) is 0 Å². The molecule has 2 amide bonds. The molecule has 2 aromatic heterocycles. The van der Waals surface area contributed by atoms with E-state index in [-0.39, 0.29) is 45.8 Å². The number of likely N-dealkylation sites (tertiary alicyclic amines) is 1. The Bertz CT molecular complexity index is 1150. The van der Waals surface area contributed by atoms with Gasteiger partial charge in [0.1, 0.15) is 5.76 Å². The van der Waals surface area contributed by atoms with E-state index < -0.39 is 5.91 Å². The largest absolute Gasteiger partial charge is 0.382 e. The molecule has 2 aliphatic rings. The van der Waals surface area contributed by atoms with Crippen LogP contribution in [0, 0.1) is 0 Å². The van der Waals surface area contributed by atoms with Crippen LogP contribution in [0.4, 0.5) is 11.6 Å². The number of rotatable bonds is 3. The number of anilines is 2. The monoisotopic (exact) mass is 489 g/mol. The van der Waals surface area contributed by atoms with Gasteiger partial charge in [-0.05, 0) is 12.8 Å². The second-order valence-electron chi connectivity index (χ2n) is 9.64. The molecule has 0 aromatic carbocycles. The molecule has 4 heterocycles. The molecule has 0 atom stereocenters. The Morgan fingerprint density at radius 3 is 2.59 bits per heavy atom. The molecule has 13 heteroatoms. The Morgan fingerprint density at radius 2 is 1.94 bits per heavy atom. The van der Waals surface area contributed by atoms with Crippen LogP contribution in [-0.4, -0.2) is 63.0 Å². The first kappa shape index (κ1) is 23.7. The highest BCUT2D eigenvalue weighted by Gasteiger charge is 2.40. The first-order valence-corrected chi connectivity index (χ1v) is 11.3. The van der Waals surface area contributed by atoms with E-state index in [2.05, 4.69) is 30.8 Å². The van der Waals surface area contributed by atoms with E-state index in [9.17, 15) is 9.59 Å². The third-order valence-electron chi connectivity index (χ3n) is 6.00. The summed E-state index contributed by atoms with van der Waals surface area (Å²) in [7, 11) is 0. The molecule has 34 heavy (non-hydrogen) atoms. The quantitative estimate of drug-likeness (QED) is 0.486. The number of carbonyl (C=O) groups excluding carboxylic acids is 2. The summed E-state index contributed by atoms with van der Waals surface area (Å²) >= 11 is 5.85. The minimum absolute atomic E-state index is 0.00632. The summed E-state index contributed by atoms with van der Waals surface area (Å²) in [5.41, 5.74) is 11.5. The summed E-state index contributed by atoms with van der Waals surface area (Å²) in [5, 5.41) is 9.91. The Hall–Kier alpha value is -3.41. The van der Waals surface area contributed by atoms with Crippen LogP contribution in [0.3, 0.4) is 0 Å². The highest BCUT2D eigenvalue weighted by molar-refractivity contribution is 6.31. The molecular formula is C21H28ClN9O3. The number of nitrogens with one attached hydrogen (secondary N) is 2. The second kappa shape index (κ2) is 8.75. The molecule has 0 saturated carbocycles. The molecule has 2 aromatic rings. The van der Waals surface area contributed by atoms with Gasteiger partial charge < -0.3 is 26.2 Å². The topological polar surface area (TPSA) is 178 Å². The lowest BCUT2D eigenvalue weighted by atomic mass is 9.88. The SMILES string of the molecule is CC(C)(C)c1cc(CC(=O)N2CCC3(CC2)CN=C(NC(=O)c2nc(Cl)c(N)nc2N)N3)on1. The van der Waals surface area contributed by atoms with Gasteiger partial charge in [0.25, 0.3) is 5.91 Å². The zero-order valence-electron chi connectivity index (χ0n) is 19.3. The standard InChI is InChI=1S/C21H28ClN9O3/c1-20(2,3)12-8-11(34-30-12)9-13(32)31-6-4-21(5-7-31)10-25-19(29-21)28-18(33)14-16(23)27-17(24)15(22)26-14/h8H,4-7,9-10H2,1-3H3,(H4,23,24,27)(H2,25,28,29,33). The number of guanidine groups is 1. The number of piperidine rings is 1. The van der Waals surface area contributed by atoms with Gasteiger partial charge in [0, 0.05) is 24.6 Å². The second-order valence-corrected chi connectivity index (χ2v) is 10.0. The predicted molar refractivity (Wildman–Crippen MR) is 126 cm³/mol. The summed E-state index contributed by atoms with van der Waals surface area (Å²) in [6.45, 7) is 7.73. The molecule has 0 aliphatic carbocycles. The Kier molecular flexibility index (Phi) is 6.11. The Morgan fingerprint density at radius 1 is 1.24 bits per heavy atom. The van der Waals surface area contributed by atoms with Crippen molar-refractivity contribution in [3.05, 3.63) is 28.4 Å². The van der Waals surface area contributed by atoms with Crippen molar-refractivity contribution in [3.63, 3.8) is 0 Å². The van der Waals surface area contributed by atoms with Gasteiger partial charge in [0.2, 0.25) is 5.91 Å². The lowest BCUT2D eigenvalue weighted by molar-refractivity contribution is -0.132. The predicted octanol–water partition coefficient (Wildman–Crippen LogP) is 0.873. The molecule has 182 valence electrons. The first-order valence-electron chi connectivity index (χ1n) is 10.9. The van der Waals surface area contributed by atoms with Gasteiger partial charge in [0.15, 0.2) is 28.4 Å². The zero-order chi connectivity index (χ0) is 24.7. The number of nitrogens with zero attached hydrogens (tertiary/aromatic N) is 5. The molecule has 0 unspecified atom stereocenters. The van der Waals surface area contributed by atoms with Crippen LogP contribution >= 0.6 is 11.6 Å². The Labute approximate surface area is 201 Å². The molecule has 12 nitrogen and oxygen atoms in total. The van der Waals surface area contributed by atoms with Crippen LogP contribution in [0.1, 0.15) is 55.6 Å². The minimum Gasteiger partial charge on any atom is -0.382 e. The van der Waals surface area contributed by atoms with E-state index in [0.717, 1.165) is 5.69 Å². The number of halogens is 1. The average Bonchev–Trinajstić information content (AvgIpc) is 3.38. The maximum Gasteiger partial charge on any atom is 0.280 e. The summed E-state index contributed by atoms with van der Waals surface area (Å²) < 4.78 is 5.35. The van der Waals surface area contributed by atoms with Gasteiger partial charge >= 0.3 is 0 Å². The fraction of sp³-hybridized carbons (Fsp3) is 0.524. The van der Waals surface area contributed by atoms with E-state index in [4.69, 9.17) is 27.6 Å². The zero-order valence-corrected chi connectivity index (χ0v) is 20.1. The first-order chi connectivity index (χ1) is 16.0. The third-order valence-corrected chi connectivity index (χ3v) is 6.28. The number of aliphatic imine (C=N–C) groups is 1. The van der Waals surface area contributed by atoms with Crippen molar-refractivity contribution in [2.45, 2.75) is 51.0 Å². The van der Waals surface area contributed by atoms with Crippen molar-refractivity contribution in [3.8, 4) is 0 Å². The fourth-order valence-electron chi connectivity index (χ4n) is 3.88. The highest BCUT2D eigenvalue weighted by atomic mass is 35.5. The van der Waals surface area contributed by atoms with Crippen molar-refractivity contribution >= 4 is 41.0 Å². The number of nitrogen functional groups attached to an aromatic ring is 2. The molecule has 4 rings (SSSR count). The molecule has 0 radical (unpaired) electrons. The van der Waals surface area contributed by atoms with Gasteiger partial charge in [-0.25, -0.2) is 9.97 Å². The number of hydrogen-bond donors (Lipinski definition) is 4. The van der Waals surface area contributed by atoms with Crippen LogP contribution in [-0.2, 0) is 16.6 Å². The van der Waals surface area contributed by atoms with Gasteiger partial charge in [-0.3, -0.25) is 19.9 Å². The van der Waals surface area contributed by atoms with Gasteiger partial charge in [-0.1, -0.05) is 37.5 Å². The van der Waals surface area contributed by atoms with Crippen molar-refractivity contribution in [2.24, 2.45) is 4.99 Å². The van der Waals surface area contributed by atoms with E-state index in [1.807, 2.05) is 31.7 Å². The summed E-state index contributed by atoms with van der Waals surface area (Å²) in [6.07, 6.45) is 1.54. The number of nitrogens with two attached hydrogens (primary N) is 2. The fourth-order valence-corrected chi connectivity index (χ4v) is 4.01. The van der Waals surface area contributed by atoms with Crippen molar-refractivity contribution in [2.75, 3.05) is 31.1 Å². The van der Waals surface area contributed by atoms with E-state index in [0.29, 0.717) is 44.2 Å². The Balaban J connectivity index is 1.30. The maximum atomic E-state index is 12.8. The highest BCUT2D eigenvalue weighted by Crippen LogP contribution is 2.27. The molecule has 1 fully saturated rings. The number of aromatic nitrogens is 3. The smallest absolute Gasteiger partial charge is 0.280 e. The van der Waals surface area contributed by atoms with Gasteiger partial charge in [0.05, 0.1) is 24.2 Å². The lowest BCUT2D eigenvalue weighted by Gasteiger charge is -2.39. The molecule has 1 saturated heterocycles. The number of amides is 2. The summed E-state index contributed by atoms with van der Waals surface area (Å²) in [6, 6.07) is 1.84. The van der Waals surface area contributed by atoms with Crippen LogP contribution in [0.25, 0.3) is 0 Å². The van der Waals surface area contributed by atoms with Gasteiger partial charge in [-0.2, -0.15) is 0 Å². The summed E-state index contributed by atoms with van der Waals surface area (Å²) in [4.78, 5) is 39.3. The molecule has 0 bridgehead atoms. The van der Waals surface area contributed by atoms with Gasteiger partial charge in [-0.15, -0.1) is 0 Å². The van der Waals surface area contributed by atoms with Crippen molar-refractivity contribution in [1.82, 2.24) is 30.7 Å². The maximum absolute atomic E-state index is 12.8. The third kappa shape index (κ3) is 4.91. The number of carbonyl (C=O) groups is 2. The average molecular weight is 490 g/mol. The van der Waals surface area contributed by atoms with Crippen molar-refractivity contribution < 1.29 is 14.1 Å². The minimum atomic E-state index is -0.593. The summed E-state index contributed by atoms with van der Waals surface area (Å²) in [5.74, 6) is 0.104. The normalized spacial score (nSPS) is 17.4. The van der Waals surface area contributed by atoms with E-state index in [1.54, 1.807) is 0 Å².